The number of anilines is 1. The quantitative estimate of drug-likeness (QED) is 0.259. The van der Waals surface area contributed by atoms with Crippen molar-refractivity contribution in [3.8, 4) is 11.5 Å². The van der Waals surface area contributed by atoms with Crippen LogP contribution in [0.15, 0.2) is 24.8 Å². The van der Waals surface area contributed by atoms with Gasteiger partial charge in [-0.1, -0.05) is 0 Å². The summed E-state index contributed by atoms with van der Waals surface area (Å²) in [6, 6.07) is 2.78. The van der Waals surface area contributed by atoms with E-state index in [2.05, 4.69) is 20.3 Å². The van der Waals surface area contributed by atoms with Crippen molar-refractivity contribution < 1.29 is 34.5 Å². The fourth-order valence-corrected chi connectivity index (χ4v) is 3.68. The smallest absolute Gasteiger partial charge is 0.278 e. The Morgan fingerprint density at radius 3 is 2.55 bits per heavy atom. The molecule has 2 aromatic heterocycles. The predicted molar refractivity (Wildman–Crippen MR) is 112 cm³/mol. The minimum Gasteiger partial charge on any atom is -0.493 e. The van der Waals surface area contributed by atoms with E-state index in [9.17, 15) is 25.4 Å². The zero-order chi connectivity index (χ0) is 23.7. The van der Waals surface area contributed by atoms with Crippen molar-refractivity contribution in [2.24, 2.45) is 0 Å². The van der Waals surface area contributed by atoms with Gasteiger partial charge in [0.15, 0.2) is 34.7 Å². The highest BCUT2D eigenvalue weighted by atomic mass is 16.6. The molecule has 0 amide bonds. The third-order valence-corrected chi connectivity index (χ3v) is 5.38. The fraction of sp³-hybridized carbons (Fsp3) is 0.421. The zero-order valence-electron chi connectivity index (χ0n) is 17.7. The van der Waals surface area contributed by atoms with Crippen molar-refractivity contribution in [2.45, 2.75) is 31.1 Å². The Morgan fingerprint density at radius 2 is 1.91 bits per heavy atom. The van der Waals surface area contributed by atoms with Crippen LogP contribution in [0.5, 0.6) is 11.5 Å². The summed E-state index contributed by atoms with van der Waals surface area (Å²) in [5.41, 5.74) is 0.775. The zero-order valence-corrected chi connectivity index (χ0v) is 17.7. The molecule has 33 heavy (non-hydrogen) atoms. The summed E-state index contributed by atoms with van der Waals surface area (Å²) in [7, 11) is 2.82. The fourth-order valence-electron chi connectivity index (χ4n) is 3.68. The van der Waals surface area contributed by atoms with Crippen molar-refractivity contribution in [3.63, 3.8) is 0 Å². The Morgan fingerprint density at radius 1 is 1.18 bits per heavy atom. The molecule has 1 fully saturated rings. The maximum Gasteiger partial charge on any atom is 0.278 e. The molecule has 0 unspecified atom stereocenters. The Kier molecular flexibility index (Phi) is 6.24. The predicted octanol–water partition coefficient (Wildman–Crippen LogP) is -0.0247. The first kappa shape index (κ1) is 22.6. The number of rotatable bonds is 8. The molecule has 1 aliphatic heterocycles. The van der Waals surface area contributed by atoms with Crippen LogP contribution in [0, 0.1) is 10.1 Å². The molecule has 0 bridgehead atoms. The molecular weight excluding hydrogens is 440 g/mol. The molecular formula is C19H22N6O8. The van der Waals surface area contributed by atoms with Crippen molar-refractivity contribution in [3.05, 3.63) is 40.5 Å². The van der Waals surface area contributed by atoms with Crippen LogP contribution in [0.1, 0.15) is 11.8 Å². The van der Waals surface area contributed by atoms with Crippen LogP contribution >= 0.6 is 0 Å². The van der Waals surface area contributed by atoms with Gasteiger partial charge in [-0.3, -0.25) is 14.7 Å². The van der Waals surface area contributed by atoms with Gasteiger partial charge < -0.3 is 34.8 Å². The summed E-state index contributed by atoms with van der Waals surface area (Å²) in [6.07, 6.45) is -1.93. The Labute approximate surface area is 186 Å². The monoisotopic (exact) mass is 462 g/mol. The topological polar surface area (TPSA) is 187 Å². The molecule has 14 nitrogen and oxygen atoms in total. The lowest BCUT2D eigenvalue weighted by atomic mass is 10.1. The van der Waals surface area contributed by atoms with Gasteiger partial charge in [-0.2, -0.15) is 0 Å². The largest absolute Gasteiger partial charge is 0.493 e. The Bertz CT molecular complexity index is 1170. The second-order valence-electron chi connectivity index (χ2n) is 7.22. The molecule has 0 spiro atoms. The number of methoxy groups -OCH3 is 2. The van der Waals surface area contributed by atoms with E-state index in [1.54, 1.807) is 0 Å². The molecule has 3 heterocycles. The standard InChI is InChI=1S/C19H22N6O8/c1-31-11-3-9(10(25(29)30)4-12(11)32-2)5-20-17-14-18(22-7-21-17)24(8-23-14)19-16(28)15(27)13(6-26)33-19/h3-4,7-8,13,15-16,19,26-28H,5-6H2,1-2H3,(H,20,21,22)/t13-,15-,16-,19-/m1/s1. The van der Waals surface area contributed by atoms with Gasteiger partial charge >= 0.3 is 0 Å². The minimum atomic E-state index is -1.31. The molecule has 1 aliphatic rings. The maximum atomic E-state index is 11.5. The van der Waals surface area contributed by atoms with Gasteiger partial charge in [0.05, 0.1) is 43.7 Å². The number of aromatic nitrogens is 4. The molecule has 0 saturated carbocycles. The molecule has 3 aromatic rings. The lowest BCUT2D eigenvalue weighted by molar-refractivity contribution is -0.385. The van der Waals surface area contributed by atoms with Crippen molar-refractivity contribution in [1.29, 1.82) is 0 Å². The summed E-state index contributed by atoms with van der Waals surface area (Å²) in [4.78, 5) is 23.6. The summed E-state index contributed by atoms with van der Waals surface area (Å²) < 4.78 is 17.3. The average molecular weight is 462 g/mol. The SMILES string of the molecule is COc1cc(CNc2ncnc3c2ncn3[C@@H]2O[C@H](CO)[C@@H](O)[C@H]2O)c([N+](=O)[O-])cc1OC. The number of hydrogen-bond acceptors (Lipinski definition) is 12. The Balaban J connectivity index is 1.63. The molecule has 4 atom stereocenters. The normalized spacial score (nSPS) is 22.5. The van der Waals surface area contributed by atoms with Crippen LogP contribution in [-0.2, 0) is 11.3 Å². The number of ether oxygens (including phenoxy) is 3. The second kappa shape index (κ2) is 9.11. The van der Waals surface area contributed by atoms with Gasteiger partial charge in [-0.25, -0.2) is 15.0 Å². The van der Waals surface area contributed by atoms with Gasteiger partial charge in [0.25, 0.3) is 5.69 Å². The van der Waals surface area contributed by atoms with E-state index in [-0.39, 0.29) is 23.8 Å². The Hall–Kier alpha value is -3.59. The van der Waals surface area contributed by atoms with E-state index < -0.39 is 36.1 Å². The molecule has 0 aliphatic carbocycles. The number of benzene rings is 1. The van der Waals surface area contributed by atoms with E-state index in [4.69, 9.17) is 14.2 Å². The molecule has 4 rings (SSSR count). The van der Waals surface area contributed by atoms with E-state index in [0.717, 1.165) is 0 Å². The lowest BCUT2D eigenvalue weighted by Gasteiger charge is -2.16. The molecule has 0 radical (unpaired) electrons. The second-order valence-corrected chi connectivity index (χ2v) is 7.22. The number of fused-ring (bicyclic) bond motifs is 1. The maximum absolute atomic E-state index is 11.5. The summed E-state index contributed by atoms with van der Waals surface area (Å²) in [5, 5.41) is 44.2. The highest BCUT2D eigenvalue weighted by molar-refractivity contribution is 5.82. The van der Waals surface area contributed by atoms with Crippen molar-refractivity contribution in [1.82, 2.24) is 19.5 Å². The van der Waals surface area contributed by atoms with Crippen LogP contribution in [0.3, 0.4) is 0 Å². The molecule has 1 aromatic carbocycles. The first-order valence-electron chi connectivity index (χ1n) is 9.82. The van der Waals surface area contributed by atoms with Crippen LogP contribution in [-0.4, -0.2) is 78.9 Å². The van der Waals surface area contributed by atoms with E-state index in [1.165, 1.54) is 43.6 Å². The highest BCUT2D eigenvalue weighted by Gasteiger charge is 2.44. The third kappa shape index (κ3) is 4.00. The molecule has 176 valence electrons. The molecule has 14 heteroatoms. The lowest BCUT2D eigenvalue weighted by Crippen LogP contribution is -2.33. The number of nitro groups is 1. The van der Waals surface area contributed by atoms with Gasteiger partial charge in [-0.15, -0.1) is 0 Å². The number of aliphatic hydroxyl groups is 3. The number of hydrogen-bond donors (Lipinski definition) is 4. The summed E-state index contributed by atoms with van der Waals surface area (Å²) >= 11 is 0. The van der Waals surface area contributed by atoms with Crippen LogP contribution < -0.4 is 14.8 Å². The van der Waals surface area contributed by atoms with E-state index in [1.807, 2.05) is 0 Å². The van der Waals surface area contributed by atoms with Crippen molar-refractivity contribution in [2.75, 3.05) is 26.1 Å². The molecule has 4 N–H and O–H groups in total. The van der Waals surface area contributed by atoms with Gasteiger partial charge in [-0.05, 0) is 6.07 Å². The van der Waals surface area contributed by atoms with Gasteiger partial charge in [0, 0.05) is 6.54 Å². The summed E-state index contributed by atoms with van der Waals surface area (Å²) in [5.74, 6) is 0.852. The first-order valence-corrected chi connectivity index (χ1v) is 9.82. The average Bonchev–Trinajstić information content (AvgIpc) is 3.37. The first-order chi connectivity index (χ1) is 15.9. The van der Waals surface area contributed by atoms with Crippen LogP contribution in [0.25, 0.3) is 11.2 Å². The number of nitrogens with one attached hydrogen (secondary N) is 1. The van der Waals surface area contributed by atoms with E-state index in [0.29, 0.717) is 22.5 Å². The van der Waals surface area contributed by atoms with E-state index >= 15 is 0 Å². The van der Waals surface area contributed by atoms with Crippen LogP contribution in [0.4, 0.5) is 11.5 Å². The number of nitro benzene ring substituents is 1. The van der Waals surface area contributed by atoms with Crippen LogP contribution in [0.2, 0.25) is 0 Å². The van der Waals surface area contributed by atoms with Crippen molar-refractivity contribution >= 4 is 22.7 Å². The highest BCUT2D eigenvalue weighted by Crippen LogP contribution is 2.35. The summed E-state index contributed by atoms with van der Waals surface area (Å²) in [6.45, 7) is -0.448. The molecule has 1 saturated heterocycles. The van der Waals surface area contributed by atoms with Gasteiger partial charge in [0.2, 0.25) is 0 Å². The number of imidazole rings is 1. The number of nitrogens with zero attached hydrogens (tertiary/aromatic N) is 5. The van der Waals surface area contributed by atoms with Gasteiger partial charge in [0.1, 0.15) is 24.6 Å². The minimum absolute atomic E-state index is 0.0174. The number of aliphatic hydroxyl groups excluding tert-OH is 3. The third-order valence-electron chi connectivity index (χ3n) is 5.38.